The van der Waals surface area contributed by atoms with Crippen LogP contribution in [0.15, 0.2) is 36.7 Å². The minimum Gasteiger partial charge on any atom is -0.493 e. The van der Waals surface area contributed by atoms with E-state index in [1.807, 2.05) is 44.9 Å². The molecule has 0 spiro atoms. The first-order valence-electron chi connectivity index (χ1n) is 19.3. The molecule has 4 N–H and O–H groups in total. The largest absolute Gasteiger partial charge is 0.493 e. The second-order valence-electron chi connectivity index (χ2n) is 15.2. The Kier molecular flexibility index (Phi) is 11.4. The number of fused-ring (bicyclic) bond motifs is 3. The van der Waals surface area contributed by atoms with E-state index in [1.54, 1.807) is 22.4 Å². The van der Waals surface area contributed by atoms with Gasteiger partial charge in [-0.15, -0.1) is 11.3 Å². The third-order valence-electron chi connectivity index (χ3n) is 10.9. The van der Waals surface area contributed by atoms with Crippen molar-refractivity contribution in [3.05, 3.63) is 53.9 Å². The normalized spacial score (nSPS) is 18.9. The summed E-state index contributed by atoms with van der Waals surface area (Å²) < 4.78 is 15.8. The van der Waals surface area contributed by atoms with E-state index < -0.39 is 24.3 Å². The number of methoxy groups -OCH3 is 2. The Labute approximate surface area is 329 Å². The zero-order valence-corrected chi connectivity index (χ0v) is 33.5. The SMILES string of the molecule is COC(=O)NC(C(=O)N1CCCC1c1ncc(-c2ccc3c(c2)OCCc2cc(-c4cnc(C5CCCN5C(=O)C(NC(=O)OC)C(C)C)[nH]4)sc2-3)[nH]1)C(C)C. The van der Waals surface area contributed by atoms with Crippen LogP contribution in [0.2, 0.25) is 0 Å². The van der Waals surface area contributed by atoms with E-state index >= 15 is 0 Å². The van der Waals surface area contributed by atoms with Crippen LogP contribution in [0.25, 0.3) is 32.3 Å². The van der Waals surface area contributed by atoms with Crippen LogP contribution in [-0.2, 0) is 25.5 Å². The molecule has 3 aliphatic heterocycles. The van der Waals surface area contributed by atoms with Crippen LogP contribution >= 0.6 is 11.3 Å². The highest BCUT2D eigenvalue weighted by Gasteiger charge is 2.39. The van der Waals surface area contributed by atoms with Gasteiger partial charge in [0, 0.05) is 35.5 Å². The van der Waals surface area contributed by atoms with Crippen molar-refractivity contribution in [2.24, 2.45) is 11.8 Å². The van der Waals surface area contributed by atoms with Gasteiger partial charge in [0.15, 0.2) is 0 Å². The van der Waals surface area contributed by atoms with Crippen molar-refractivity contribution in [1.82, 2.24) is 40.4 Å². The molecule has 0 radical (unpaired) electrons. The molecule has 298 valence electrons. The number of rotatable bonds is 10. The highest BCUT2D eigenvalue weighted by Crippen LogP contribution is 2.45. The fourth-order valence-electron chi connectivity index (χ4n) is 7.91. The molecule has 4 amide bonds. The summed E-state index contributed by atoms with van der Waals surface area (Å²) in [6.45, 7) is 9.29. The van der Waals surface area contributed by atoms with Crippen LogP contribution in [0.3, 0.4) is 0 Å². The van der Waals surface area contributed by atoms with Gasteiger partial charge in [0.25, 0.3) is 0 Å². The molecular formula is C40H50N8O7S. The van der Waals surface area contributed by atoms with Gasteiger partial charge < -0.3 is 44.6 Å². The van der Waals surface area contributed by atoms with Crippen LogP contribution in [-0.4, -0.2) is 99.7 Å². The topological polar surface area (TPSA) is 184 Å². The lowest BCUT2D eigenvalue weighted by Gasteiger charge is -2.30. The van der Waals surface area contributed by atoms with Crippen LogP contribution in [0, 0.1) is 11.8 Å². The van der Waals surface area contributed by atoms with E-state index in [4.69, 9.17) is 24.2 Å². The molecule has 3 aliphatic rings. The molecule has 4 aromatic rings. The van der Waals surface area contributed by atoms with E-state index in [9.17, 15) is 19.2 Å². The van der Waals surface area contributed by atoms with E-state index in [0.29, 0.717) is 25.5 Å². The average Bonchev–Trinajstić information content (AvgIpc) is 4.04. The van der Waals surface area contributed by atoms with Crippen molar-refractivity contribution in [3.63, 3.8) is 0 Å². The Hall–Kier alpha value is -5.38. The van der Waals surface area contributed by atoms with Crippen LogP contribution < -0.4 is 15.4 Å². The van der Waals surface area contributed by atoms with Crippen molar-refractivity contribution in [2.75, 3.05) is 33.9 Å². The summed E-state index contributed by atoms with van der Waals surface area (Å²) in [5.41, 5.74) is 4.82. The zero-order chi connectivity index (χ0) is 39.7. The van der Waals surface area contributed by atoms with Gasteiger partial charge >= 0.3 is 12.2 Å². The molecule has 2 fully saturated rings. The van der Waals surface area contributed by atoms with Gasteiger partial charge in [-0.25, -0.2) is 19.6 Å². The summed E-state index contributed by atoms with van der Waals surface area (Å²) in [7, 11) is 2.58. The summed E-state index contributed by atoms with van der Waals surface area (Å²) in [6.07, 6.45) is 6.33. The summed E-state index contributed by atoms with van der Waals surface area (Å²) in [6, 6.07) is 6.51. The molecule has 4 atom stereocenters. The van der Waals surface area contributed by atoms with Crippen molar-refractivity contribution in [3.8, 4) is 38.0 Å². The molecule has 16 heteroatoms. The lowest BCUT2D eigenvalue weighted by Crippen LogP contribution is -2.51. The maximum Gasteiger partial charge on any atom is 0.407 e. The van der Waals surface area contributed by atoms with Gasteiger partial charge in [-0.05, 0) is 61.3 Å². The average molecular weight is 787 g/mol. The maximum absolute atomic E-state index is 13.6. The molecular weight excluding hydrogens is 737 g/mol. The maximum atomic E-state index is 13.6. The number of hydrogen-bond acceptors (Lipinski definition) is 10. The number of aromatic nitrogens is 4. The lowest BCUT2D eigenvalue weighted by atomic mass is 10.0. The van der Waals surface area contributed by atoms with Crippen LogP contribution in [0.4, 0.5) is 9.59 Å². The van der Waals surface area contributed by atoms with Gasteiger partial charge in [0.05, 0.1) is 61.6 Å². The lowest BCUT2D eigenvalue weighted by molar-refractivity contribution is -0.136. The molecule has 0 aliphatic carbocycles. The summed E-state index contributed by atoms with van der Waals surface area (Å²) in [4.78, 5) is 73.5. The van der Waals surface area contributed by atoms with Gasteiger partial charge in [-0.2, -0.15) is 0 Å². The number of ether oxygens (including phenoxy) is 3. The first-order chi connectivity index (χ1) is 27.0. The molecule has 2 saturated heterocycles. The third-order valence-corrected chi connectivity index (χ3v) is 12.2. The van der Waals surface area contributed by atoms with Crippen molar-refractivity contribution in [2.45, 2.75) is 84.0 Å². The van der Waals surface area contributed by atoms with Gasteiger partial charge in [-0.1, -0.05) is 33.8 Å². The minimum atomic E-state index is -0.702. The molecule has 7 rings (SSSR count). The number of likely N-dealkylation sites (tertiary alicyclic amines) is 2. The minimum absolute atomic E-state index is 0.113. The molecule has 4 unspecified atom stereocenters. The number of carbonyl (C=O) groups excluding carboxylic acids is 4. The van der Waals surface area contributed by atoms with Crippen molar-refractivity contribution >= 4 is 35.3 Å². The number of nitrogens with one attached hydrogen (secondary N) is 4. The first-order valence-corrected chi connectivity index (χ1v) is 20.1. The second kappa shape index (κ2) is 16.4. The Balaban J connectivity index is 1.08. The summed E-state index contributed by atoms with van der Waals surface area (Å²) >= 11 is 1.68. The number of benzene rings is 1. The summed E-state index contributed by atoms with van der Waals surface area (Å²) in [5, 5.41) is 5.41. The second-order valence-corrected chi connectivity index (χ2v) is 16.3. The number of H-pyrrole nitrogens is 2. The number of alkyl carbamates (subject to hydrolysis) is 2. The third kappa shape index (κ3) is 7.71. The van der Waals surface area contributed by atoms with Crippen LogP contribution in [0.5, 0.6) is 5.75 Å². The van der Waals surface area contributed by atoms with E-state index in [0.717, 1.165) is 75.9 Å². The Bertz CT molecular complexity index is 2090. The quantitative estimate of drug-likeness (QED) is 0.145. The van der Waals surface area contributed by atoms with Gasteiger partial charge in [0.2, 0.25) is 11.8 Å². The molecule has 0 bridgehead atoms. The zero-order valence-electron chi connectivity index (χ0n) is 32.6. The monoisotopic (exact) mass is 786 g/mol. The molecule has 56 heavy (non-hydrogen) atoms. The van der Waals surface area contributed by atoms with Crippen LogP contribution in [0.1, 0.15) is 82.7 Å². The first kappa shape index (κ1) is 38.9. The molecule has 6 heterocycles. The van der Waals surface area contributed by atoms with E-state index in [1.165, 1.54) is 19.8 Å². The van der Waals surface area contributed by atoms with E-state index in [-0.39, 0.29) is 35.7 Å². The fraction of sp³-hybridized carbons (Fsp3) is 0.500. The number of nitrogens with zero attached hydrogens (tertiary/aromatic N) is 4. The number of hydrogen-bond donors (Lipinski definition) is 4. The van der Waals surface area contributed by atoms with Crippen molar-refractivity contribution < 1.29 is 33.4 Å². The highest BCUT2D eigenvalue weighted by molar-refractivity contribution is 7.19. The predicted octanol–water partition coefficient (Wildman–Crippen LogP) is 6.22. The molecule has 0 saturated carbocycles. The molecule has 1 aromatic carbocycles. The number of aromatic amines is 2. The fourth-order valence-corrected chi connectivity index (χ4v) is 9.12. The number of thiophene rings is 1. The Morgan fingerprint density at radius 1 is 0.821 bits per heavy atom. The smallest absolute Gasteiger partial charge is 0.407 e. The van der Waals surface area contributed by atoms with Gasteiger partial charge in [0.1, 0.15) is 29.5 Å². The molecule has 3 aromatic heterocycles. The number of carbonyl (C=O) groups is 4. The Morgan fingerprint density at radius 2 is 1.38 bits per heavy atom. The number of imidazole rings is 2. The summed E-state index contributed by atoms with van der Waals surface area (Å²) in [5.74, 6) is 1.69. The standard InChI is InChI=1S/C40H50N8O7S/c1-21(2)32(45-39(51)53-5)37(49)47-14-7-9-28(47)35-41-19-26(43-35)23-11-12-25-30(17-23)55-16-13-24-18-31(56-34(24)25)27-20-42-36(44-27)29-10-8-15-48(29)38(50)33(22(3)4)46-40(52)54-6/h11-12,17-22,28-29,32-33H,7-10,13-16H2,1-6H3,(H,41,43)(H,42,44)(H,45,51)(H,46,52). The van der Waals surface area contributed by atoms with Gasteiger partial charge in [-0.3, -0.25) is 9.59 Å². The van der Waals surface area contributed by atoms with E-state index in [2.05, 4.69) is 38.8 Å². The highest BCUT2D eigenvalue weighted by atomic mass is 32.1. The molecule has 15 nitrogen and oxygen atoms in total. The number of amides is 4. The van der Waals surface area contributed by atoms with Crippen molar-refractivity contribution in [1.29, 1.82) is 0 Å². The Morgan fingerprint density at radius 3 is 1.93 bits per heavy atom. The predicted molar refractivity (Wildman–Crippen MR) is 210 cm³/mol.